The van der Waals surface area contributed by atoms with E-state index in [9.17, 15) is 14.0 Å². The van der Waals surface area contributed by atoms with Crippen LogP contribution in [0.25, 0.3) is 0 Å². The summed E-state index contributed by atoms with van der Waals surface area (Å²) in [5.41, 5.74) is 1.21. The number of benzene rings is 2. The lowest BCUT2D eigenvalue weighted by molar-refractivity contribution is -0.126. The van der Waals surface area contributed by atoms with Crippen molar-refractivity contribution in [2.45, 2.75) is 38.3 Å². The van der Waals surface area contributed by atoms with E-state index in [0.29, 0.717) is 5.69 Å². The van der Waals surface area contributed by atoms with Gasteiger partial charge in [-0.05, 0) is 42.8 Å². The van der Waals surface area contributed by atoms with Crippen LogP contribution in [0.3, 0.4) is 0 Å². The van der Waals surface area contributed by atoms with Gasteiger partial charge in [-0.15, -0.1) is 0 Å². The molecule has 3 atom stereocenters. The van der Waals surface area contributed by atoms with Gasteiger partial charge >= 0.3 is 0 Å². The first kappa shape index (κ1) is 17.7. The smallest absolute Gasteiger partial charge is 0.266 e. The molecule has 2 aliphatic rings. The molecule has 140 valence electrons. The average Bonchev–Trinajstić information content (AvgIpc) is 3.18. The van der Waals surface area contributed by atoms with E-state index in [2.05, 4.69) is 6.92 Å². The number of rotatable bonds is 5. The second-order valence-electron chi connectivity index (χ2n) is 6.91. The minimum atomic E-state index is -0.843. The largest absolute Gasteiger partial charge is 0.273 e. The molecule has 0 spiro atoms. The molecular weight excluding hydrogens is 347 g/mol. The van der Waals surface area contributed by atoms with Gasteiger partial charge in [-0.2, -0.15) is 0 Å². The number of halogens is 1. The lowest BCUT2D eigenvalue weighted by atomic mass is 9.92. The highest BCUT2D eigenvalue weighted by atomic mass is 19.1. The van der Waals surface area contributed by atoms with E-state index in [1.807, 2.05) is 30.3 Å². The summed E-state index contributed by atoms with van der Waals surface area (Å²) in [6.45, 7) is 2.09. The molecule has 2 fully saturated rings. The third-order valence-electron chi connectivity index (χ3n) is 5.19. The molecule has 2 aromatic carbocycles. The number of carbonyl (C=O) groups excluding carboxylic acids is 2. The zero-order valence-corrected chi connectivity index (χ0v) is 15.0. The Balaban J connectivity index is 1.66. The number of amides is 2. The molecular formula is C21H21FN2O3. The zero-order valence-electron chi connectivity index (χ0n) is 15.0. The molecule has 4 rings (SSSR count). The fraction of sp³-hybridized carbons (Fsp3) is 0.333. The van der Waals surface area contributed by atoms with E-state index in [1.54, 1.807) is 5.06 Å². The monoisotopic (exact) mass is 368 g/mol. The molecule has 0 saturated carbocycles. The number of hydroxylamine groups is 1. The molecule has 2 heterocycles. The van der Waals surface area contributed by atoms with Crippen LogP contribution < -0.4 is 9.96 Å². The van der Waals surface area contributed by atoms with Gasteiger partial charge in [0.05, 0.1) is 23.3 Å². The first-order valence-corrected chi connectivity index (χ1v) is 9.26. The summed E-state index contributed by atoms with van der Waals surface area (Å²) in [5, 5.41) is 1.72. The molecule has 0 aliphatic carbocycles. The van der Waals surface area contributed by atoms with E-state index >= 15 is 0 Å². The number of anilines is 2. The van der Waals surface area contributed by atoms with Crippen LogP contribution in [-0.4, -0.2) is 24.0 Å². The van der Waals surface area contributed by atoms with Crippen molar-refractivity contribution in [1.82, 2.24) is 0 Å². The predicted octanol–water partition coefficient (Wildman–Crippen LogP) is 3.69. The predicted molar refractivity (Wildman–Crippen MR) is 99.5 cm³/mol. The van der Waals surface area contributed by atoms with Crippen LogP contribution in [-0.2, 0) is 14.4 Å². The second kappa shape index (κ2) is 7.12. The van der Waals surface area contributed by atoms with Crippen molar-refractivity contribution in [2.75, 3.05) is 9.96 Å². The van der Waals surface area contributed by atoms with Gasteiger partial charge in [-0.3, -0.25) is 14.4 Å². The highest BCUT2D eigenvalue weighted by Crippen LogP contribution is 2.41. The Hall–Kier alpha value is -2.73. The molecule has 0 aromatic heterocycles. The number of para-hydroxylation sites is 1. The van der Waals surface area contributed by atoms with Crippen LogP contribution in [0.4, 0.5) is 15.8 Å². The fourth-order valence-corrected chi connectivity index (χ4v) is 3.87. The Morgan fingerprint density at radius 3 is 2.33 bits per heavy atom. The topological polar surface area (TPSA) is 49.9 Å². The molecule has 2 aromatic rings. The van der Waals surface area contributed by atoms with Gasteiger partial charge in [0.2, 0.25) is 5.91 Å². The molecule has 2 amide bonds. The number of nitrogens with zero attached hydrogens (tertiary/aromatic N) is 2. The molecule has 2 saturated heterocycles. The summed E-state index contributed by atoms with van der Waals surface area (Å²) < 4.78 is 13.2. The highest BCUT2D eigenvalue weighted by Gasteiger charge is 2.59. The Morgan fingerprint density at radius 2 is 1.67 bits per heavy atom. The Bertz CT molecular complexity index is 840. The number of hydrogen-bond donors (Lipinski definition) is 0. The maximum atomic E-state index is 13.2. The van der Waals surface area contributed by atoms with E-state index in [1.165, 1.54) is 24.3 Å². The first-order chi connectivity index (χ1) is 13.1. The van der Waals surface area contributed by atoms with Crippen molar-refractivity contribution < 1.29 is 18.8 Å². The van der Waals surface area contributed by atoms with Crippen molar-refractivity contribution in [2.24, 2.45) is 5.92 Å². The average molecular weight is 368 g/mol. The van der Waals surface area contributed by atoms with Crippen molar-refractivity contribution in [3.63, 3.8) is 0 Å². The SMILES string of the molecule is CCCC[C@@H]1[C@@H]2C(=O)N(c3ccc(F)cc3)C(=O)[C@H]2ON1c1ccccc1. The van der Waals surface area contributed by atoms with Crippen LogP contribution in [0, 0.1) is 11.7 Å². The van der Waals surface area contributed by atoms with E-state index < -0.39 is 23.7 Å². The Morgan fingerprint density at radius 1 is 0.963 bits per heavy atom. The normalized spacial score (nSPS) is 24.6. The van der Waals surface area contributed by atoms with Crippen molar-refractivity contribution in [3.8, 4) is 0 Å². The quantitative estimate of drug-likeness (QED) is 0.755. The second-order valence-corrected chi connectivity index (χ2v) is 6.91. The van der Waals surface area contributed by atoms with Crippen molar-refractivity contribution in [1.29, 1.82) is 0 Å². The number of imide groups is 1. The summed E-state index contributed by atoms with van der Waals surface area (Å²) in [7, 11) is 0. The lowest BCUT2D eigenvalue weighted by Crippen LogP contribution is -2.40. The third-order valence-corrected chi connectivity index (χ3v) is 5.19. The maximum absolute atomic E-state index is 13.2. The maximum Gasteiger partial charge on any atom is 0.266 e. The van der Waals surface area contributed by atoms with Gasteiger partial charge in [0, 0.05) is 0 Å². The minimum Gasteiger partial charge on any atom is -0.273 e. The van der Waals surface area contributed by atoms with E-state index in [4.69, 9.17) is 4.84 Å². The van der Waals surface area contributed by atoms with Gasteiger partial charge in [0.25, 0.3) is 5.91 Å². The Kier molecular flexibility index (Phi) is 4.66. The van der Waals surface area contributed by atoms with Crippen LogP contribution >= 0.6 is 0 Å². The number of fused-ring (bicyclic) bond motifs is 1. The molecule has 0 unspecified atom stereocenters. The van der Waals surface area contributed by atoms with Crippen LogP contribution in [0.1, 0.15) is 26.2 Å². The minimum absolute atomic E-state index is 0.209. The zero-order chi connectivity index (χ0) is 19.0. The van der Waals surface area contributed by atoms with Gasteiger partial charge in [0.15, 0.2) is 6.10 Å². The summed E-state index contributed by atoms with van der Waals surface area (Å²) in [6.07, 6.45) is 1.83. The molecule has 0 radical (unpaired) electrons. The molecule has 5 nitrogen and oxygen atoms in total. The standard InChI is InChI=1S/C21H21FN2O3/c1-2-3-9-17-18-19(27-24(17)16-7-5-4-6-8-16)21(26)23(20(18)25)15-12-10-14(22)11-13-15/h4-8,10-13,17-19H,2-3,9H2,1H3/t17-,18+,19+/m1/s1. The van der Waals surface area contributed by atoms with E-state index in [0.717, 1.165) is 29.8 Å². The lowest BCUT2D eigenvalue weighted by Gasteiger charge is -2.28. The van der Waals surface area contributed by atoms with Crippen LogP contribution in [0.5, 0.6) is 0 Å². The fourth-order valence-electron chi connectivity index (χ4n) is 3.87. The van der Waals surface area contributed by atoms with Crippen molar-refractivity contribution in [3.05, 3.63) is 60.4 Å². The molecule has 2 aliphatic heterocycles. The number of unbranched alkanes of at least 4 members (excludes halogenated alkanes) is 1. The van der Waals surface area contributed by atoms with Crippen LogP contribution in [0.15, 0.2) is 54.6 Å². The third kappa shape index (κ3) is 3.00. The highest BCUT2D eigenvalue weighted by molar-refractivity contribution is 6.23. The molecule has 0 bridgehead atoms. The molecule has 6 heteroatoms. The number of carbonyl (C=O) groups is 2. The van der Waals surface area contributed by atoms with Gasteiger partial charge in [-0.25, -0.2) is 14.4 Å². The van der Waals surface area contributed by atoms with Gasteiger partial charge < -0.3 is 0 Å². The Labute approximate surface area is 157 Å². The summed E-state index contributed by atoms with van der Waals surface area (Å²) >= 11 is 0. The molecule has 27 heavy (non-hydrogen) atoms. The molecule has 0 N–H and O–H groups in total. The van der Waals surface area contributed by atoms with E-state index in [-0.39, 0.29) is 11.9 Å². The number of hydrogen-bond acceptors (Lipinski definition) is 4. The summed E-state index contributed by atoms with van der Waals surface area (Å²) in [5.74, 6) is -1.65. The van der Waals surface area contributed by atoms with Gasteiger partial charge in [-0.1, -0.05) is 38.0 Å². The first-order valence-electron chi connectivity index (χ1n) is 9.26. The van der Waals surface area contributed by atoms with Gasteiger partial charge in [0.1, 0.15) is 5.82 Å². The summed E-state index contributed by atoms with van der Waals surface area (Å²) in [4.78, 5) is 33.2. The van der Waals surface area contributed by atoms with Crippen LogP contribution in [0.2, 0.25) is 0 Å². The van der Waals surface area contributed by atoms with Crippen molar-refractivity contribution >= 4 is 23.2 Å². The summed E-state index contributed by atoms with van der Waals surface area (Å²) in [6, 6.07) is 14.7.